The summed E-state index contributed by atoms with van der Waals surface area (Å²) in [5.41, 5.74) is 0. The molecule has 4 heteroatoms. The highest BCUT2D eigenvalue weighted by Crippen LogP contribution is 2.19. The van der Waals surface area contributed by atoms with Gasteiger partial charge in [0.15, 0.2) is 0 Å². The van der Waals surface area contributed by atoms with E-state index in [4.69, 9.17) is 4.74 Å². The molecule has 0 saturated carbocycles. The molecule has 15 heavy (non-hydrogen) atoms. The van der Waals surface area contributed by atoms with Crippen LogP contribution in [0.4, 0.5) is 0 Å². The van der Waals surface area contributed by atoms with Gasteiger partial charge in [0.05, 0.1) is 6.61 Å². The molecule has 0 aromatic carbocycles. The lowest BCUT2D eigenvalue weighted by molar-refractivity contribution is -0.144. The smallest absolute Gasteiger partial charge is 0.306 e. The average Bonchev–Trinajstić information content (AvgIpc) is 2.17. The molecule has 1 saturated heterocycles. The molecule has 0 aliphatic carbocycles. The Balaban J connectivity index is 2.37. The van der Waals surface area contributed by atoms with Gasteiger partial charge in [0.2, 0.25) is 0 Å². The van der Waals surface area contributed by atoms with Crippen molar-refractivity contribution in [1.82, 2.24) is 10.2 Å². The zero-order valence-corrected chi connectivity index (χ0v) is 9.95. The van der Waals surface area contributed by atoms with E-state index in [1.807, 2.05) is 14.0 Å². The average molecular weight is 214 g/mol. The van der Waals surface area contributed by atoms with Crippen LogP contribution in [-0.2, 0) is 9.53 Å². The van der Waals surface area contributed by atoms with Crippen molar-refractivity contribution < 1.29 is 9.53 Å². The van der Waals surface area contributed by atoms with E-state index in [9.17, 15) is 4.79 Å². The minimum absolute atomic E-state index is 0.0624. The number of ether oxygens (including phenoxy) is 1. The Hall–Kier alpha value is -0.610. The van der Waals surface area contributed by atoms with Crippen molar-refractivity contribution in [2.75, 3.05) is 33.8 Å². The Labute approximate surface area is 92.0 Å². The van der Waals surface area contributed by atoms with E-state index in [-0.39, 0.29) is 5.97 Å². The largest absolute Gasteiger partial charge is 0.466 e. The number of carbonyl (C=O) groups excluding carboxylic acids is 1. The Bertz CT molecular complexity index is 209. The summed E-state index contributed by atoms with van der Waals surface area (Å²) >= 11 is 0. The van der Waals surface area contributed by atoms with Crippen molar-refractivity contribution in [1.29, 1.82) is 0 Å². The Morgan fingerprint density at radius 2 is 2.27 bits per heavy atom. The summed E-state index contributed by atoms with van der Waals surface area (Å²) in [6, 6.07) is 0.503. The number of nitrogens with one attached hydrogen (secondary N) is 1. The first kappa shape index (κ1) is 12.5. The molecule has 2 atom stereocenters. The summed E-state index contributed by atoms with van der Waals surface area (Å²) in [5, 5.41) is 3.28. The molecule has 0 aromatic heterocycles. The molecule has 4 nitrogen and oxygen atoms in total. The maximum absolute atomic E-state index is 11.4. The summed E-state index contributed by atoms with van der Waals surface area (Å²) in [6.45, 7) is 4.39. The van der Waals surface area contributed by atoms with E-state index in [1.54, 1.807) is 0 Å². The zero-order chi connectivity index (χ0) is 11.3. The van der Waals surface area contributed by atoms with Gasteiger partial charge in [-0.05, 0) is 33.4 Å². The van der Waals surface area contributed by atoms with Crippen LogP contribution in [0, 0.1) is 5.92 Å². The molecule has 1 aliphatic heterocycles. The number of likely N-dealkylation sites (N-methyl/N-ethyl adjacent to an activating group) is 2. The second-order valence-corrected chi connectivity index (χ2v) is 4.32. The number of hydrogen-bond acceptors (Lipinski definition) is 4. The summed E-state index contributed by atoms with van der Waals surface area (Å²) in [6.07, 6.45) is 1.62. The predicted molar refractivity (Wildman–Crippen MR) is 59.7 cm³/mol. The highest BCUT2D eigenvalue weighted by molar-refractivity contribution is 5.69. The minimum atomic E-state index is -0.0624. The quantitative estimate of drug-likeness (QED) is 0.691. The number of carbonyl (C=O) groups is 1. The molecule has 88 valence electrons. The number of piperidine rings is 1. The highest BCUT2D eigenvalue weighted by Gasteiger charge is 2.26. The maximum Gasteiger partial charge on any atom is 0.306 e. The molecule has 1 heterocycles. The molecule has 1 aliphatic rings. The number of likely N-dealkylation sites (tertiary alicyclic amines) is 1. The molecule has 1 rings (SSSR count). The van der Waals surface area contributed by atoms with Crippen molar-refractivity contribution in [2.24, 2.45) is 5.92 Å². The highest BCUT2D eigenvalue weighted by atomic mass is 16.5. The molecule has 1 N–H and O–H groups in total. The summed E-state index contributed by atoms with van der Waals surface area (Å²) < 4.78 is 4.97. The van der Waals surface area contributed by atoms with Gasteiger partial charge in [-0.15, -0.1) is 0 Å². The van der Waals surface area contributed by atoms with Crippen molar-refractivity contribution in [2.45, 2.75) is 25.8 Å². The van der Waals surface area contributed by atoms with Crippen LogP contribution in [0.25, 0.3) is 0 Å². The van der Waals surface area contributed by atoms with E-state index in [1.165, 1.54) is 0 Å². The third kappa shape index (κ3) is 4.18. The Morgan fingerprint density at radius 3 is 2.87 bits per heavy atom. The molecular formula is C11H22N2O2. The van der Waals surface area contributed by atoms with Crippen LogP contribution in [0.2, 0.25) is 0 Å². The molecule has 0 aromatic rings. The topological polar surface area (TPSA) is 41.6 Å². The maximum atomic E-state index is 11.4. The molecular weight excluding hydrogens is 192 g/mol. The number of esters is 1. The van der Waals surface area contributed by atoms with E-state index in [2.05, 4.69) is 17.3 Å². The number of hydrogen-bond donors (Lipinski definition) is 1. The van der Waals surface area contributed by atoms with Gasteiger partial charge in [0.25, 0.3) is 0 Å². The lowest BCUT2D eigenvalue weighted by Gasteiger charge is -2.35. The van der Waals surface area contributed by atoms with Gasteiger partial charge >= 0.3 is 5.97 Å². The lowest BCUT2D eigenvalue weighted by Crippen LogP contribution is -2.46. The first-order valence-electron chi connectivity index (χ1n) is 5.67. The molecule has 0 radical (unpaired) electrons. The standard InChI is InChI=1S/C11H22N2O2/c1-4-15-11(14)6-9-5-10(12-2)8-13(3)7-9/h9-10,12H,4-8H2,1-3H3. The molecule has 2 unspecified atom stereocenters. The van der Waals surface area contributed by atoms with Crippen LogP contribution in [0.1, 0.15) is 19.8 Å². The second-order valence-electron chi connectivity index (χ2n) is 4.32. The third-order valence-electron chi connectivity index (χ3n) is 2.89. The molecule has 1 fully saturated rings. The minimum Gasteiger partial charge on any atom is -0.466 e. The number of nitrogens with zero attached hydrogens (tertiary/aromatic N) is 1. The fraction of sp³-hybridized carbons (Fsp3) is 0.909. The second kappa shape index (κ2) is 6.08. The summed E-state index contributed by atoms with van der Waals surface area (Å²) in [7, 11) is 4.08. The molecule has 0 bridgehead atoms. The van der Waals surface area contributed by atoms with Crippen LogP contribution >= 0.6 is 0 Å². The summed E-state index contributed by atoms with van der Waals surface area (Å²) in [4.78, 5) is 13.6. The van der Waals surface area contributed by atoms with Crippen molar-refractivity contribution in [3.05, 3.63) is 0 Å². The first-order chi connectivity index (χ1) is 7.15. The van der Waals surface area contributed by atoms with Gasteiger partial charge in [0.1, 0.15) is 0 Å². The van der Waals surface area contributed by atoms with Crippen LogP contribution in [-0.4, -0.2) is 50.7 Å². The van der Waals surface area contributed by atoms with Gasteiger partial charge < -0.3 is 15.0 Å². The fourth-order valence-corrected chi connectivity index (χ4v) is 2.26. The van der Waals surface area contributed by atoms with Crippen LogP contribution in [0.3, 0.4) is 0 Å². The predicted octanol–water partition coefficient (Wildman–Crippen LogP) is 0.479. The van der Waals surface area contributed by atoms with E-state index in [0.29, 0.717) is 25.0 Å². The monoisotopic (exact) mass is 214 g/mol. The van der Waals surface area contributed by atoms with Crippen molar-refractivity contribution in [3.63, 3.8) is 0 Å². The molecule has 0 amide bonds. The Kier molecular flexibility index (Phi) is 5.05. The van der Waals surface area contributed by atoms with Crippen LogP contribution in [0.15, 0.2) is 0 Å². The van der Waals surface area contributed by atoms with Gasteiger partial charge in [-0.25, -0.2) is 0 Å². The Morgan fingerprint density at radius 1 is 1.53 bits per heavy atom. The SMILES string of the molecule is CCOC(=O)CC1CC(NC)CN(C)C1. The van der Waals surface area contributed by atoms with E-state index < -0.39 is 0 Å². The third-order valence-corrected chi connectivity index (χ3v) is 2.89. The van der Waals surface area contributed by atoms with Crippen molar-refractivity contribution >= 4 is 5.97 Å². The summed E-state index contributed by atoms with van der Waals surface area (Å²) in [5.74, 6) is 0.368. The van der Waals surface area contributed by atoms with Crippen molar-refractivity contribution in [3.8, 4) is 0 Å². The van der Waals surface area contributed by atoms with Gasteiger partial charge in [0, 0.05) is 25.6 Å². The van der Waals surface area contributed by atoms with Crippen LogP contribution in [0.5, 0.6) is 0 Å². The number of rotatable bonds is 4. The molecule has 0 spiro atoms. The van der Waals surface area contributed by atoms with E-state index >= 15 is 0 Å². The first-order valence-corrected chi connectivity index (χ1v) is 5.67. The zero-order valence-electron chi connectivity index (χ0n) is 9.95. The lowest BCUT2D eigenvalue weighted by atomic mass is 9.92. The van der Waals surface area contributed by atoms with Gasteiger partial charge in [-0.1, -0.05) is 0 Å². The van der Waals surface area contributed by atoms with Gasteiger partial charge in [-0.2, -0.15) is 0 Å². The van der Waals surface area contributed by atoms with Crippen LogP contribution < -0.4 is 5.32 Å². The van der Waals surface area contributed by atoms with E-state index in [0.717, 1.165) is 19.5 Å². The fourth-order valence-electron chi connectivity index (χ4n) is 2.26. The normalized spacial score (nSPS) is 27.7. The van der Waals surface area contributed by atoms with Gasteiger partial charge in [-0.3, -0.25) is 4.79 Å².